The summed E-state index contributed by atoms with van der Waals surface area (Å²) in [5, 5.41) is 11.2. The molecule has 0 radical (unpaired) electrons. The first kappa shape index (κ1) is 13.3. The fourth-order valence-corrected chi connectivity index (χ4v) is 1.92. The van der Waals surface area contributed by atoms with Crippen molar-refractivity contribution in [1.82, 2.24) is 24.4 Å². The third-order valence-corrected chi connectivity index (χ3v) is 3.06. The van der Waals surface area contributed by atoms with Gasteiger partial charge in [0.15, 0.2) is 5.65 Å². The van der Waals surface area contributed by atoms with Crippen LogP contribution in [0.25, 0.3) is 5.65 Å². The minimum absolute atomic E-state index is 0.162. The monoisotopic (exact) mass is 284 g/mol. The van der Waals surface area contributed by atoms with E-state index in [0.717, 1.165) is 0 Å². The molecule has 1 N–H and O–H groups in total. The van der Waals surface area contributed by atoms with E-state index >= 15 is 0 Å². The number of fused-ring (bicyclic) bond motifs is 1. The Hall–Kier alpha value is -2.70. The Kier molecular flexibility index (Phi) is 2.97. The minimum atomic E-state index is -0.228. The fourth-order valence-electron chi connectivity index (χ4n) is 1.92. The highest BCUT2D eigenvalue weighted by Crippen LogP contribution is 2.15. The molecule has 0 aromatic carbocycles. The molecule has 3 heterocycles. The van der Waals surface area contributed by atoms with Gasteiger partial charge in [-0.2, -0.15) is 14.7 Å². The molecule has 3 aromatic rings. The normalized spacial score (nSPS) is 11.8. The molecule has 0 fully saturated rings. The van der Waals surface area contributed by atoms with E-state index in [4.69, 9.17) is 0 Å². The zero-order valence-corrected chi connectivity index (χ0v) is 12.1. The molecule has 3 aromatic heterocycles. The van der Waals surface area contributed by atoms with Gasteiger partial charge in [-0.25, -0.2) is 4.98 Å². The number of carbonyl (C=O) groups excluding carboxylic acids is 1. The van der Waals surface area contributed by atoms with Crippen molar-refractivity contribution in [2.24, 2.45) is 0 Å². The van der Waals surface area contributed by atoms with Crippen LogP contribution in [0.2, 0.25) is 0 Å². The van der Waals surface area contributed by atoms with Gasteiger partial charge in [-0.15, -0.1) is 0 Å². The number of nitrogens with one attached hydrogen (secondary N) is 1. The van der Waals surface area contributed by atoms with Gasteiger partial charge < -0.3 is 5.32 Å². The number of rotatable bonds is 2. The van der Waals surface area contributed by atoms with Crippen LogP contribution in [0, 0.1) is 0 Å². The van der Waals surface area contributed by atoms with Gasteiger partial charge in [-0.1, -0.05) is 0 Å². The van der Waals surface area contributed by atoms with Gasteiger partial charge in [0.1, 0.15) is 5.82 Å². The third-order valence-electron chi connectivity index (χ3n) is 3.06. The van der Waals surface area contributed by atoms with Crippen LogP contribution in [-0.4, -0.2) is 30.3 Å². The van der Waals surface area contributed by atoms with Crippen LogP contribution in [0.4, 0.5) is 5.82 Å². The highest BCUT2D eigenvalue weighted by molar-refractivity contribution is 6.03. The zero-order valence-electron chi connectivity index (χ0n) is 12.1. The largest absolute Gasteiger partial charge is 0.306 e. The summed E-state index contributed by atoms with van der Waals surface area (Å²) in [6.45, 7) is 6.08. The van der Waals surface area contributed by atoms with Crippen molar-refractivity contribution in [2.75, 3.05) is 5.32 Å². The number of hydrogen-bond donors (Lipinski definition) is 1. The van der Waals surface area contributed by atoms with Gasteiger partial charge in [0.05, 0.1) is 23.5 Å². The molecule has 0 saturated carbocycles. The first-order valence-electron chi connectivity index (χ1n) is 6.60. The molecule has 0 aliphatic heterocycles. The molecule has 0 saturated heterocycles. The summed E-state index contributed by atoms with van der Waals surface area (Å²) >= 11 is 0. The second-order valence-electron chi connectivity index (χ2n) is 5.73. The standard InChI is InChI=1S/C14H16N6O/c1-14(2,3)19-9-10(8-17-19)13(21)18-12-4-6-15-11-5-7-16-20(11)12/h4-9H,1-3H3,(H,18,21). The summed E-state index contributed by atoms with van der Waals surface area (Å²) in [5.41, 5.74) is 1.02. The summed E-state index contributed by atoms with van der Waals surface area (Å²) in [5.74, 6) is 0.340. The molecule has 0 unspecified atom stereocenters. The van der Waals surface area contributed by atoms with Gasteiger partial charge in [0.25, 0.3) is 5.91 Å². The highest BCUT2D eigenvalue weighted by Gasteiger charge is 2.17. The summed E-state index contributed by atoms with van der Waals surface area (Å²) in [7, 11) is 0. The van der Waals surface area contributed by atoms with Crippen LogP contribution in [0.5, 0.6) is 0 Å². The lowest BCUT2D eigenvalue weighted by molar-refractivity contribution is 0.102. The Morgan fingerprint density at radius 2 is 2.00 bits per heavy atom. The second-order valence-corrected chi connectivity index (χ2v) is 5.73. The van der Waals surface area contributed by atoms with Crippen molar-refractivity contribution in [3.63, 3.8) is 0 Å². The van der Waals surface area contributed by atoms with Crippen molar-refractivity contribution in [1.29, 1.82) is 0 Å². The molecule has 0 bridgehead atoms. The van der Waals surface area contributed by atoms with E-state index in [1.807, 2.05) is 20.8 Å². The highest BCUT2D eigenvalue weighted by atomic mass is 16.1. The summed E-state index contributed by atoms with van der Waals surface area (Å²) in [6, 6.07) is 3.47. The Balaban J connectivity index is 1.86. The van der Waals surface area contributed by atoms with Gasteiger partial charge in [0, 0.05) is 18.5 Å². The molecular formula is C14H16N6O. The number of hydrogen-bond acceptors (Lipinski definition) is 4. The minimum Gasteiger partial charge on any atom is -0.306 e. The average molecular weight is 284 g/mol. The van der Waals surface area contributed by atoms with Gasteiger partial charge in [-0.3, -0.25) is 9.48 Å². The lowest BCUT2D eigenvalue weighted by atomic mass is 10.1. The maximum atomic E-state index is 12.3. The Bertz CT molecular complexity index is 795. The van der Waals surface area contributed by atoms with Crippen LogP contribution in [0.1, 0.15) is 31.1 Å². The molecule has 7 heteroatoms. The third kappa shape index (κ3) is 2.49. The van der Waals surface area contributed by atoms with E-state index < -0.39 is 0 Å². The number of aromatic nitrogens is 5. The van der Waals surface area contributed by atoms with Crippen molar-refractivity contribution in [2.45, 2.75) is 26.3 Å². The van der Waals surface area contributed by atoms with Crippen molar-refractivity contribution < 1.29 is 4.79 Å². The van der Waals surface area contributed by atoms with Gasteiger partial charge in [-0.05, 0) is 26.8 Å². The summed E-state index contributed by atoms with van der Waals surface area (Å²) in [4.78, 5) is 16.4. The van der Waals surface area contributed by atoms with Crippen LogP contribution in [0.3, 0.4) is 0 Å². The Morgan fingerprint density at radius 3 is 2.71 bits per heavy atom. The van der Waals surface area contributed by atoms with Crippen LogP contribution in [0.15, 0.2) is 36.9 Å². The Labute approximate surface area is 121 Å². The van der Waals surface area contributed by atoms with E-state index in [2.05, 4.69) is 20.5 Å². The fraction of sp³-hybridized carbons (Fsp3) is 0.286. The van der Waals surface area contributed by atoms with Gasteiger partial charge in [0.2, 0.25) is 0 Å². The summed E-state index contributed by atoms with van der Waals surface area (Å²) in [6.07, 6.45) is 6.56. The molecule has 0 aliphatic carbocycles. The van der Waals surface area contributed by atoms with Crippen molar-refractivity contribution in [3.8, 4) is 0 Å². The molecule has 0 aliphatic rings. The van der Waals surface area contributed by atoms with Crippen LogP contribution in [-0.2, 0) is 5.54 Å². The van der Waals surface area contributed by atoms with Crippen LogP contribution >= 0.6 is 0 Å². The molecule has 108 valence electrons. The maximum absolute atomic E-state index is 12.3. The number of amides is 1. The van der Waals surface area contributed by atoms with Crippen LogP contribution < -0.4 is 5.32 Å². The quantitative estimate of drug-likeness (QED) is 0.780. The molecular weight excluding hydrogens is 268 g/mol. The van der Waals surface area contributed by atoms with Crippen molar-refractivity contribution >= 4 is 17.4 Å². The molecule has 21 heavy (non-hydrogen) atoms. The maximum Gasteiger partial charge on any atom is 0.260 e. The lowest BCUT2D eigenvalue weighted by Gasteiger charge is -2.18. The number of nitrogens with zero attached hydrogens (tertiary/aromatic N) is 5. The number of anilines is 1. The van der Waals surface area contributed by atoms with E-state index in [9.17, 15) is 4.79 Å². The topological polar surface area (TPSA) is 77.1 Å². The SMILES string of the molecule is CC(C)(C)n1cc(C(=O)Nc2ccnc3ccnn23)cn1. The van der Waals surface area contributed by atoms with E-state index in [1.54, 1.807) is 46.1 Å². The van der Waals surface area contributed by atoms with E-state index in [-0.39, 0.29) is 11.4 Å². The molecule has 3 rings (SSSR count). The first-order valence-corrected chi connectivity index (χ1v) is 6.60. The second kappa shape index (κ2) is 4.69. The van der Waals surface area contributed by atoms with E-state index in [0.29, 0.717) is 17.0 Å². The molecule has 7 nitrogen and oxygen atoms in total. The molecule has 0 atom stereocenters. The first-order chi connectivity index (χ1) is 9.95. The summed E-state index contributed by atoms with van der Waals surface area (Å²) < 4.78 is 3.34. The Morgan fingerprint density at radius 1 is 1.19 bits per heavy atom. The van der Waals surface area contributed by atoms with Gasteiger partial charge >= 0.3 is 0 Å². The molecule has 0 spiro atoms. The molecule has 1 amide bonds. The van der Waals surface area contributed by atoms with E-state index in [1.165, 1.54) is 0 Å². The predicted octanol–water partition coefficient (Wildman–Crippen LogP) is 1.93. The van der Waals surface area contributed by atoms with Crippen molar-refractivity contribution in [3.05, 3.63) is 42.5 Å². The smallest absolute Gasteiger partial charge is 0.260 e. The number of carbonyl (C=O) groups is 1. The predicted molar refractivity (Wildman–Crippen MR) is 78.2 cm³/mol. The average Bonchev–Trinajstić information content (AvgIpc) is 3.07. The zero-order chi connectivity index (χ0) is 15.0. The lowest BCUT2D eigenvalue weighted by Crippen LogP contribution is -2.22.